The van der Waals surface area contributed by atoms with Crippen LogP contribution in [0.3, 0.4) is 0 Å². The Hall–Kier alpha value is -0.900. The Morgan fingerprint density at radius 3 is 2.72 bits per heavy atom. The fourth-order valence-electron chi connectivity index (χ4n) is 2.02. The van der Waals surface area contributed by atoms with Crippen LogP contribution in [0.25, 0.3) is 0 Å². The Labute approximate surface area is 111 Å². The Bertz CT molecular complexity index is 319. The second kappa shape index (κ2) is 8.25. The van der Waals surface area contributed by atoms with Gasteiger partial charge in [0.25, 0.3) is 0 Å². The van der Waals surface area contributed by atoms with Crippen molar-refractivity contribution in [3.05, 3.63) is 12.2 Å². The fraction of sp³-hybridized carbons (Fsp3) is 0.857. The molecule has 4 heteroatoms. The van der Waals surface area contributed by atoms with Gasteiger partial charge in [0.2, 0.25) is 0 Å². The number of hydrogen-bond acceptors (Lipinski definition) is 3. The van der Waals surface area contributed by atoms with Gasteiger partial charge in [0.15, 0.2) is 0 Å². The van der Waals surface area contributed by atoms with Gasteiger partial charge in [-0.2, -0.15) is 5.10 Å². The van der Waals surface area contributed by atoms with Crippen LogP contribution in [0.1, 0.15) is 59.2 Å². The molecule has 0 amide bonds. The van der Waals surface area contributed by atoms with E-state index in [1.807, 2.05) is 4.68 Å². The van der Waals surface area contributed by atoms with E-state index in [2.05, 4.69) is 43.1 Å². The fourth-order valence-corrected chi connectivity index (χ4v) is 2.02. The number of hydrogen-bond donors (Lipinski definition) is 1. The molecule has 1 aromatic rings. The minimum atomic E-state index is 0.551. The lowest BCUT2D eigenvalue weighted by molar-refractivity contribution is 0.443. The first-order valence-electron chi connectivity index (χ1n) is 7.23. The predicted molar refractivity (Wildman–Crippen MR) is 75.3 cm³/mol. The van der Waals surface area contributed by atoms with Crippen LogP contribution in [0.15, 0.2) is 6.33 Å². The molecule has 1 aromatic heterocycles. The van der Waals surface area contributed by atoms with Gasteiger partial charge in [0.05, 0.1) is 6.54 Å². The maximum Gasteiger partial charge on any atom is 0.140 e. The molecule has 1 unspecified atom stereocenters. The Balaban J connectivity index is 2.24. The highest BCUT2D eigenvalue weighted by atomic mass is 15.3. The average Bonchev–Trinajstić information content (AvgIpc) is 2.74. The van der Waals surface area contributed by atoms with Gasteiger partial charge in [0, 0.05) is 12.6 Å². The molecule has 0 aliphatic carbocycles. The zero-order valence-corrected chi connectivity index (χ0v) is 12.3. The third kappa shape index (κ3) is 5.63. The zero-order chi connectivity index (χ0) is 13.4. The SMILES string of the molecule is CCCn1ncnc1CNC(C)CCCC(C)C. The monoisotopic (exact) mass is 252 g/mol. The quantitative estimate of drug-likeness (QED) is 0.734. The van der Waals surface area contributed by atoms with Gasteiger partial charge in [-0.05, 0) is 25.7 Å². The van der Waals surface area contributed by atoms with E-state index in [1.54, 1.807) is 6.33 Å². The molecule has 0 spiro atoms. The number of rotatable bonds is 9. The summed E-state index contributed by atoms with van der Waals surface area (Å²) in [5, 5.41) is 7.77. The van der Waals surface area contributed by atoms with E-state index in [0.29, 0.717) is 6.04 Å². The van der Waals surface area contributed by atoms with Crippen LogP contribution in [-0.2, 0) is 13.1 Å². The van der Waals surface area contributed by atoms with Crippen molar-refractivity contribution in [2.45, 2.75) is 72.5 Å². The van der Waals surface area contributed by atoms with E-state index in [0.717, 1.165) is 31.3 Å². The average molecular weight is 252 g/mol. The summed E-state index contributed by atoms with van der Waals surface area (Å²) in [6.07, 6.45) is 6.60. The third-order valence-corrected chi connectivity index (χ3v) is 3.16. The molecule has 0 saturated carbocycles. The van der Waals surface area contributed by atoms with Gasteiger partial charge in [0.1, 0.15) is 12.2 Å². The second-order valence-electron chi connectivity index (χ2n) is 5.51. The lowest BCUT2D eigenvalue weighted by Crippen LogP contribution is -2.27. The van der Waals surface area contributed by atoms with Crippen molar-refractivity contribution < 1.29 is 0 Å². The molecule has 0 aromatic carbocycles. The standard InChI is InChI=1S/C14H28N4/c1-5-9-18-14(16-11-17-18)10-15-13(4)8-6-7-12(2)3/h11-13,15H,5-10H2,1-4H3. The lowest BCUT2D eigenvalue weighted by atomic mass is 10.0. The summed E-state index contributed by atoms with van der Waals surface area (Å²) in [5.74, 6) is 1.86. The van der Waals surface area contributed by atoms with Crippen LogP contribution in [0.4, 0.5) is 0 Å². The molecule has 1 N–H and O–H groups in total. The summed E-state index contributed by atoms with van der Waals surface area (Å²) in [6, 6.07) is 0.551. The van der Waals surface area contributed by atoms with Crippen molar-refractivity contribution in [1.82, 2.24) is 20.1 Å². The van der Waals surface area contributed by atoms with Gasteiger partial charge in [-0.25, -0.2) is 9.67 Å². The maximum atomic E-state index is 4.30. The molecular formula is C14H28N4. The van der Waals surface area contributed by atoms with Crippen LogP contribution in [-0.4, -0.2) is 20.8 Å². The topological polar surface area (TPSA) is 42.7 Å². The molecule has 1 rings (SSSR count). The van der Waals surface area contributed by atoms with E-state index in [-0.39, 0.29) is 0 Å². The lowest BCUT2D eigenvalue weighted by Gasteiger charge is -2.14. The first-order chi connectivity index (χ1) is 8.63. The first-order valence-corrected chi connectivity index (χ1v) is 7.23. The van der Waals surface area contributed by atoms with Crippen molar-refractivity contribution in [3.63, 3.8) is 0 Å². The summed E-state index contributed by atoms with van der Waals surface area (Å²) in [4.78, 5) is 4.30. The van der Waals surface area contributed by atoms with Crippen LogP contribution in [0.5, 0.6) is 0 Å². The molecule has 104 valence electrons. The van der Waals surface area contributed by atoms with E-state index in [1.165, 1.54) is 19.3 Å². The number of aromatic nitrogens is 3. The highest BCUT2D eigenvalue weighted by Crippen LogP contribution is 2.08. The second-order valence-corrected chi connectivity index (χ2v) is 5.51. The highest BCUT2D eigenvalue weighted by Gasteiger charge is 2.06. The minimum absolute atomic E-state index is 0.551. The van der Waals surface area contributed by atoms with Crippen molar-refractivity contribution in [2.75, 3.05) is 0 Å². The molecule has 4 nitrogen and oxygen atoms in total. The smallest absolute Gasteiger partial charge is 0.140 e. The molecule has 18 heavy (non-hydrogen) atoms. The Kier molecular flexibility index (Phi) is 6.94. The zero-order valence-electron chi connectivity index (χ0n) is 12.3. The molecule has 0 aliphatic rings. The van der Waals surface area contributed by atoms with Crippen LogP contribution in [0, 0.1) is 5.92 Å². The number of nitrogens with one attached hydrogen (secondary N) is 1. The van der Waals surface area contributed by atoms with E-state index in [9.17, 15) is 0 Å². The molecule has 0 aliphatic heterocycles. The summed E-state index contributed by atoms with van der Waals surface area (Å²) in [6.45, 7) is 10.8. The molecule has 0 fully saturated rings. The number of aryl methyl sites for hydroxylation is 1. The van der Waals surface area contributed by atoms with Gasteiger partial charge >= 0.3 is 0 Å². The van der Waals surface area contributed by atoms with Crippen molar-refractivity contribution in [2.24, 2.45) is 5.92 Å². The highest BCUT2D eigenvalue weighted by molar-refractivity contribution is 4.84. The molecular weight excluding hydrogens is 224 g/mol. The van der Waals surface area contributed by atoms with E-state index < -0.39 is 0 Å². The largest absolute Gasteiger partial charge is 0.307 e. The normalized spacial score (nSPS) is 13.2. The first kappa shape index (κ1) is 15.2. The Morgan fingerprint density at radius 2 is 2.06 bits per heavy atom. The molecule has 0 radical (unpaired) electrons. The summed E-state index contributed by atoms with van der Waals surface area (Å²) >= 11 is 0. The molecule has 1 atom stereocenters. The minimum Gasteiger partial charge on any atom is -0.307 e. The number of nitrogens with zero attached hydrogens (tertiary/aromatic N) is 3. The summed E-state index contributed by atoms with van der Waals surface area (Å²) < 4.78 is 1.99. The van der Waals surface area contributed by atoms with Crippen LogP contribution < -0.4 is 5.32 Å². The molecule has 0 bridgehead atoms. The van der Waals surface area contributed by atoms with Gasteiger partial charge < -0.3 is 5.32 Å². The van der Waals surface area contributed by atoms with Crippen molar-refractivity contribution in [1.29, 1.82) is 0 Å². The van der Waals surface area contributed by atoms with E-state index in [4.69, 9.17) is 0 Å². The van der Waals surface area contributed by atoms with E-state index >= 15 is 0 Å². The van der Waals surface area contributed by atoms with Crippen LogP contribution >= 0.6 is 0 Å². The molecule has 1 heterocycles. The third-order valence-electron chi connectivity index (χ3n) is 3.16. The van der Waals surface area contributed by atoms with Gasteiger partial charge in [-0.15, -0.1) is 0 Å². The summed E-state index contributed by atoms with van der Waals surface area (Å²) in [5.41, 5.74) is 0. The predicted octanol–water partition coefficient (Wildman–Crippen LogP) is 2.99. The van der Waals surface area contributed by atoms with Crippen molar-refractivity contribution >= 4 is 0 Å². The van der Waals surface area contributed by atoms with Gasteiger partial charge in [-0.1, -0.05) is 33.6 Å². The van der Waals surface area contributed by atoms with Crippen LogP contribution in [0.2, 0.25) is 0 Å². The van der Waals surface area contributed by atoms with Gasteiger partial charge in [-0.3, -0.25) is 0 Å². The molecule has 0 saturated heterocycles. The maximum absolute atomic E-state index is 4.30. The summed E-state index contributed by atoms with van der Waals surface area (Å²) in [7, 11) is 0. The Morgan fingerprint density at radius 1 is 1.28 bits per heavy atom. The van der Waals surface area contributed by atoms with Crippen molar-refractivity contribution in [3.8, 4) is 0 Å².